The summed E-state index contributed by atoms with van der Waals surface area (Å²) in [5.74, 6) is 0. The van der Waals surface area contributed by atoms with Gasteiger partial charge >= 0.3 is 0 Å². The Morgan fingerprint density at radius 1 is 1.46 bits per heavy atom. The Morgan fingerprint density at radius 3 is 3.15 bits per heavy atom. The third-order valence-electron chi connectivity index (χ3n) is 1.64. The first-order valence-corrected chi connectivity index (χ1v) is 3.78. The van der Waals surface area contributed by atoms with E-state index in [2.05, 4.69) is 20.3 Å². The smallest absolute Gasteiger partial charge is 0.158 e. The highest BCUT2D eigenvalue weighted by Crippen LogP contribution is 2.07. The number of oxime groups is 1. The SMILES string of the molecule is CO/N=C/n1nnc2ccccc21. The van der Waals surface area contributed by atoms with E-state index < -0.39 is 0 Å². The van der Waals surface area contributed by atoms with Crippen molar-refractivity contribution in [2.24, 2.45) is 5.16 Å². The Hall–Kier alpha value is -1.91. The van der Waals surface area contributed by atoms with E-state index in [-0.39, 0.29) is 0 Å². The summed E-state index contributed by atoms with van der Waals surface area (Å²) in [6, 6.07) is 7.63. The molecule has 0 spiro atoms. The summed E-state index contributed by atoms with van der Waals surface area (Å²) in [6.45, 7) is 0. The van der Waals surface area contributed by atoms with Gasteiger partial charge in [-0.3, -0.25) is 0 Å². The maximum absolute atomic E-state index is 4.54. The van der Waals surface area contributed by atoms with Gasteiger partial charge in [0.25, 0.3) is 0 Å². The average Bonchev–Trinajstić information content (AvgIpc) is 2.58. The summed E-state index contributed by atoms with van der Waals surface area (Å²) in [5.41, 5.74) is 1.74. The molecule has 0 saturated heterocycles. The Morgan fingerprint density at radius 2 is 2.31 bits per heavy atom. The Bertz CT molecular complexity index is 434. The predicted octanol–water partition coefficient (Wildman–Crippen LogP) is 0.869. The van der Waals surface area contributed by atoms with Gasteiger partial charge in [-0.1, -0.05) is 22.5 Å². The fourth-order valence-corrected chi connectivity index (χ4v) is 1.06. The zero-order chi connectivity index (χ0) is 9.10. The van der Waals surface area contributed by atoms with Crippen molar-refractivity contribution in [1.29, 1.82) is 0 Å². The Kier molecular flexibility index (Phi) is 1.91. The normalized spacial score (nSPS) is 11.2. The zero-order valence-electron chi connectivity index (χ0n) is 7.08. The number of benzene rings is 1. The number of hydrogen-bond acceptors (Lipinski definition) is 4. The number of fused-ring (bicyclic) bond motifs is 1. The second kappa shape index (κ2) is 3.22. The Labute approximate surface area is 74.6 Å². The first-order valence-electron chi connectivity index (χ1n) is 3.78. The highest BCUT2D eigenvalue weighted by atomic mass is 16.6. The van der Waals surface area contributed by atoms with Gasteiger partial charge in [-0.05, 0) is 12.1 Å². The quantitative estimate of drug-likeness (QED) is 0.387. The maximum atomic E-state index is 4.54. The van der Waals surface area contributed by atoms with Crippen LogP contribution in [0.15, 0.2) is 29.4 Å². The molecule has 0 atom stereocenters. The molecular weight excluding hydrogens is 168 g/mol. The summed E-state index contributed by atoms with van der Waals surface area (Å²) in [4.78, 5) is 4.54. The monoisotopic (exact) mass is 176 g/mol. The lowest BCUT2D eigenvalue weighted by Crippen LogP contribution is -1.97. The molecule has 0 saturated carbocycles. The third kappa shape index (κ3) is 1.35. The van der Waals surface area contributed by atoms with Gasteiger partial charge < -0.3 is 4.84 Å². The van der Waals surface area contributed by atoms with Crippen LogP contribution in [0.5, 0.6) is 0 Å². The van der Waals surface area contributed by atoms with E-state index in [0.717, 1.165) is 11.0 Å². The highest BCUT2D eigenvalue weighted by Gasteiger charge is 1.99. The van der Waals surface area contributed by atoms with Crippen molar-refractivity contribution in [2.75, 3.05) is 7.11 Å². The minimum absolute atomic E-state index is 0.838. The second-order valence-corrected chi connectivity index (χ2v) is 2.43. The molecule has 2 rings (SSSR count). The fraction of sp³-hybridized carbons (Fsp3) is 0.125. The molecule has 66 valence electrons. The molecular formula is C8H8N4O. The molecule has 0 unspecified atom stereocenters. The van der Waals surface area contributed by atoms with Crippen molar-refractivity contribution < 1.29 is 4.84 Å². The summed E-state index contributed by atoms with van der Waals surface area (Å²) < 4.78 is 1.55. The molecule has 0 radical (unpaired) electrons. The molecule has 0 N–H and O–H groups in total. The van der Waals surface area contributed by atoms with Crippen LogP contribution in [0.4, 0.5) is 0 Å². The molecule has 0 bridgehead atoms. The van der Waals surface area contributed by atoms with Crippen molar-refractivity contribution >= 4 is 17.4 Å². The van der Waals surface area contributed by atoms with Crippen molar-refractivity contribution in [2.45, 2.75) is 0 Å². The molecule has 1 aromatic heterocycles. The van der Waals surface area contributed by atoms with Crippen LogP contribution in [-0.2, 0) is 4.84 Å². The molecule has 5 heteroatoms. The lowest BCUT2D eigenvalue weighted by Gasteiger charge is -1.90. The topological polar surface area (TPSA) is 52.3 Å². The standard InChI is InChI=1S/C8H8N4O/c1-13-9-6-12-8-5-3-2-4-7(8)10-11-12/h2-6H,1H3/b9-6+. The van der Waals surface area contributed by atoms with Gasteiger partial charge in [0.2, 0.25) is 0 Å². The van der Waals surface area contributed by atoms with Gasteiger partial charge in [0.1, 0.15) is 12.6 Å². The molecule has 0 aliphatic carbocycles. The van der Waals surface area contributed by atoms with Crippen LogP contribution in [0, 0.1) is 0 Å². The number of aromatic nitrogens is 3. The van der Waals surface area contributed by atoms with E-state index in [0.29, 0.717) is 0 Å². The molecule has 5 nitrogen and oxygen atoms in total. The van der Waals surface area contributed by atoms with Crippen LogP contribution >= 0.6 is 0 Å². The number of rotatable bonds is 2. The summed E-state index contributed by atoms with van der Waals surface area (Å²) in [6.07, 6.45) is 1.47. The summed E-state index contributed by atoms with van der Waals surface area (Å²) >= 11 is 0. The van der Waals surface area contributed by atoms with Crippen molar-refractivity contribution in [3.05, 3.63) is 24.3 Å². The van der Waals surface area contributed by atoms with E-state index in [1.807, 2.05) is 24.3 Å². The Balaban J connectivity index is 2.52. The van der Waals surface area contributed by atoms with Crippen LogP contribution < -0.4 is 0 Å². The molecule has 2 aromatic rings. The van der Waals surface area contributed by atoms with Crippen LogP contribution in [0.1, 0.15) is 0 Å². The molecule has 0 amide bonds. The van der Waals surface area contributed by atoms with Gasteiger partial charge in [0.05, 0.1) is 5.52 Å². The number of nitrogens with zero attached hydrogens (tertiary/aromatic N) is 4. The van der Waals surface area contributed by atoms with Crippen molar-refractivity contribution in [3.63, 3.8) is 0 Å². The van der Waals surface area contributed by atoms with Crippen molar-refractivity contribution in [3.8, 4) is 0 Å². The van der Waals surface area contributed by atoms with Crippen LogP contribution in [-0.4, -0.2) is 28.4 Å². The largest absolute Gasteiger partial charge is 0.398 e. The van der Waals surface area contributed by atoms with Crippen LogP contribution in [0.3, 0.4) is 0 Å². The lowest BCUT2D eigenvalue weighted by molar-refractivity contribution is 0.214. The number of hydrogen-bond donors (Lipinski definition) is 0. The van der Waals surface area contributed by atoms with Crippen LogP contribution in [0.2, 0.25) is 0 Å². The highest BCUT2D eigenvalue weighted by molar-refractivity contribution is 5.80. The molecule has 1 heterocycles. The van der Waals surface area contributed by atoms with Gasteiger partial charge in [0.15, 0.2) is 6.34 Å². The molecule has 13 heavy (non-hydrogen) atoms. The molecule has 0 aliphatic heterocycles. The minimum Gasteiger partial charge on any atom is -0.398 e. The second-order valence-electron chi connectivity index (χ2n) is 2.43. The third-order valence-corrected chi connectivity index (χ3v) is 1.64. The van der Waals surface area contributed by atoms with E-state index >= 15 is 0 Å². The molecule has 0 aliphatic rings. The maximum Gasteiger partial charge on any atom is 0.158 e. The molecule has 1 aromatic carbocycles. The van der Waals surface area contributed by atoms with Gasteiger partial charge in [-0.25, -0.2) is 0 Å². The molecule has 0 fully saturated rings. The van der Waals surface area contributed by atoms with E-state index in [4.69, 9.17) is 0 Å². The van der Waals surface area contributed by atoms with Crippen LogP contribution in [0.25, 0.3) is 11.0 Å². The summed E-state index contributed by atoms with van der Waals surface area (Å²) in [7, 11) is 1.48. The zero-order valence-corrected chi connectivity index (χ0v) is 7.08. The van der Waals surface area contributed by atoms with E-state index in [1.54, 1.807) is 4.68 Å². The first kappa shape index (κ1) is 7.72. The van der Waals surface area contributed by atoms with Crippen molar-refractivity contribution in [1.82, 2.24) is 15.0 Å². The van der Waals surface area contributed by atoms with Gasteiger partial charge in [-0.2, -0.15) is 4.68 Å². The van der Waals surface area contributed by atoms with E-state index in [9.17, 15) is 0 Å². The lowest BCUT2D eigenvalue weighted by atomic mass is 10.3. The minimum atomic E-state index is 0.838. The average molecular weight is 176 g/mol. The fourth-order valence-electron chi connectivity index (χ4n) is 1.06. The number of para-hydroxylation sites is 1. The first-order chi connectivity index (χ1) is 6.42. The summed E-state index contributed by atoms with van der Waals surface area (Å²) in [5, 5.41) is 11.4. The van der Waals surface area contributed by atoms with Gasteiger partial charge in [0, 0.05) is 0 Å². The van der Waals surface area contributed by atoms with E-state index in [1.165, 1.54) is 13.4 Å². The predicted molar refractivity (Wildman–Crippen MR) is 48.4 cm³/mol. The van der Waals surface area contributed by atoms with Gasteiger partial charge in [-0.15, -0.1) is 5.10 Å².